The standard InChI is InChI=1S/C41H68O9/c1-3-5-7-9-11-13-15-17-19-21-23-25-27-29-31-47-33-35(34-48-41-40(46)39(45)38(44)36(32-42)50-41)49-37(43)30-28-26-24-22-20-18-16-14-12-10-8-6-4-2/h5-8,11-14,17-20,35-36,38-42,44-46H,3-4,9-10,15-16,21-34H2,1-2H3/b7-5-,8-6-,13-11-,14-12-,19-17-,20-18-. The lowest BCUT2D eigenvalue weighted by Gasteiger charge is -2.39. The lowest BCUT2D eigenvalue weighted by Crippen LogP contribution is -2.59. The van der Waals surface area contributed by atoms with Gasteiger partial charge in [-0.25, -0.2) is 0 Å². The van der Waals surface area contributed by atoms with Crippen molar-refractivity contribution in [2.45, 2.75) is 153 Å². The summed E-state index contributed by atoms with van der Waals surface area (Å²) in [7, 11) is 0. The van der Waals surface area contributed by atoms with Gasteiger partial charge >= 0.3 is 5.97 Å². The van der Waals surface area contributed by atoms with Gasteiger partial charge in [-0.2, -0.15) is 0 Å². The Kier molecular flexibility index (Phi) is 29.7. The van der Waals surface area contributed by atoms with Crippen molar-refractivity contribution in [2.75, 3.05) is 26.4 Å². The lowest BCUT2D eigenvalue weighted by molar-refractivity contribution is -0.305. The second kappa shape index (κ2) is 32.5. The molecule has 6 atom stereocenters. The van der Waals surface area contributed by atoms with Gasteiger partial charge in [-0.05, 0) is 77.0 Å². The quantitative estimate of drug-likeness (QED) is 0.0344. The van der Waals surface area contributed by atoms with Crippen LogP contribution >= 0.6 is 0 Å². The van der Waals surface area contributed by atoms with Gasteiger partial charge in [0.1, 0.15) is 30.5 Å². The summed E-state index contributed by atoms with van der Waals surface area (Å²) in [5.74, 6) is -0.356. The van der Waals surface area contributed by atoms with Gasteiger partial charge in [-0.3, -0.25) is 4.79 Å². The second-order valence-corrected chi connectivity index (χ2v) is 12.6. The Hall–Kier alpha value is -2.37. The van der Waals surface area contributed by atoms with Gasteiger partial charge in [0.25, 0.3) is 0 Å². The van der Waals surface area contributed by atoms with Crippen LogP contribution in [0.25, 0.3) is 0 Å². The average Bonchev–Trinajstić information content (AvgIpc) is 3.11. The van der Waals surface area contributed by atoms with Gasteiger partial charge in [0, 0.05) is 13.0 Å². The summed E-state index contributed by atoms with van der Waals surface area (Å²) in [5.41, 5.74) is 0. The van der Waals surface area contributed by atoms with E-state index in [4.69, 9.17) is 18.9 Å². The van der Waals surface area contributed by atoms with E-state index in [1.807, 2.05) is 0 Å². The number of rotatable bonds is 30. The number of allylic oxidation sites excluding steroid dienone is 12. The third kappa shape index (κ3) is 23.9. The van der Waals surface area contributed by atoms with Crippen molar-refractivity contribution in [3.05, 3.63) is 72.9 Å². The average molecular weight is 705 g/mol. The first-order valence-corrected chi connectivity index (χ1v) is 19.0. The molecule has 50 heavy (non-hydrogen) atoms. The van der Waals surface area contributed by atoms with E-state index in [0.717, 1.165) is 89.9 Å². The first-order chi connectivity index (χ1) is 24.4. The third-order valence-corrected chi connectivity index (χ3v) is 8.12. The SMILES string of the molecule is CC/C=C\C/C=C\C/C=C\CCCCCCOCC(COC1OC(CO)C(O)C(O)C1O)OC(=O)CCCCC/C=C\C/C=C\C/C=C\CC. The molecule has 0 amide bonds. The summed E-state index contributed by atoms with van der Waals surface area (Å²) < 4.78 is 22.6. The number of esters is 1. The van der Waals surface area contributed by atoms with Crippen molar-refractivity contribution in [3.8, 4) is 0 Å². The van der Waals surface area contributed by atoms with Crippen molar-refractivity contribution in [1.82, 2.24) is 0 Å². The van der Waals surface area contributed by atoms with Crippen LogP contribution in [0.3, 0.4) is 0 Å². The van der Waals surface area contributed by atoms with Gasteiger partial charge in [-0.15, -0.1) is 0 Å². The van der Waals surface area contributed by atoms with Crippen LogP contribution in [0.2, 0.25) is 0 Å². The third-order valence-electron chi connectivity index (χ3n) is 8.12. The van der Waals surface area contributed by atoms with E-state index in [1.165, 1.54) is 0 Å². The largest absolute Gasteiger partial charge is 0.457 e. The first-order valence-electron chi connectivity index (χ1n) is 19.0. The van der Waals surface area contributed by atoms with Crippen molar-refractivity contribution in [2.24, 2.45) is 0 Å². The van der Waals surface area contributed by atoms with Crippen LogP contribution in [-0.4, -0.2) is 89.6 Å². The number of ether oxygens (including phenoxy) is 4. The molecule has 1 aliphatic heterocycles. The Labute approximate surface area is 302 Å². The Balaban J connectivity index is 2.39. The normalized spacial score (nSPS) is 22.4. The summed E-state index contributed by atoms with van der Waals surface area (Å²) in [6.45, 7) is 4.20. The molecule has 0 saturated carbocycles. The van der Waals surface area contributed by atoms with Crippen molar-refractivity contribution < 1.29 is 44.2 Å². The van der Waals surface area contributed by atoms with Crippen molar-refractivity contribution >= 4 is 5.97 Å². The van der Waals surface area contributed by atoms with Crippen LogP contribution in [0.5, 0.6) is 0 Å². The monoisotopic (exact) mass is 704 g/mol. The molecule has 0 aromatic heterocycles. The number of hydrogen-bond acceptors (Lipinski definition) is 9. The molecule has 0 radical (unpaired) electrons. The molecule has 1 rings (SSSR count). The minimum absolute atomic E-state index is 0.113. The summed E-state index contributed by atoms with van der Waals surface area (Å²) >= 11 is 0. The topological polar surface area (TPSA) is 135 Å². The predicted octanol–water partition coefficient (Wildman–Crippen LogP) is 7.35. The van der Waals surface area contributed by atoms with Crippen molar-refractivity contribution in [1.29, 1.82) is 0 Å². The molecule has 286 valence electrons. The molecule has 0 aromatic carbocycles. The first kappa shape index (κ1) is 45.7. The van der Waals surface area contributed by atoms with Crippen LogP contribution in [0, 0.1) is 0 Å². The van der Waals surface area contributed by atoms with Crippen LogP contribution in [0.15, 0.2) is 72.9 Å². The minimum atomic E-state index is -1.55. The summed E-state index contributed by atoms with van der Waals surface area (Å²) in [4.78, 5) is 12.7. The van der Waals surface area contributed by atoms with Gasteiger partial charge in [0.15, 0.2) is 6.29 Å². The van der Waals surface area contributed by atoms with Gasteiger partial charge in [0.05, 0.1) is 19.8 Å². The molecular weight excluding hydrogens is 636 g/mol. The molecule has 0 bridgehead atoms. The molecule has 1 fully saturated rings. The van der Waals surface area contributed by atoms with E-state index in [9.17, 15) is 25.2 Å². The highest BCUT2D eigenvalue weighted by atomic mass is 16.7. The van der Waals surface area contributed by atoms with E-state index in [0.29, 0.717) is 13.0 Å². The van der Waals surface area contributed by atoms with Crippen LogP contribution in [-0.2, 0) is 23.7 Å². The van der Waals surface area contributed by atoms with Crippen molar-refractivity contribution in [3.63, 3.8) is 0 Å². The van der Waals surface area contributed by atoms with Gasteiger partial charge < -0.3 is 39.4 Å². The highest BCUT2D eigenvalue weighted by Crippen LogP contribution is 2.22. The Morgan fingerprint density at radius 1 is 0.640 bits per heavy atom. The fourth-order valence-electron chi connectivity index (χ4n) is 5.16. The highest BCUT2D eigenvalue weighted by molar-refractivity contribution is 5.69. The molecule has 4 N–H and O–H groups in total. The molecule has 9 nitrogen and oxygen atoms in total. The summed E-state index contributed by atoms with van der Waals surface area (Å²) in [5, 5.41) is 39.9. The highest BCUT2D eigenvalue weighted by Gasteiger charge is 2.44. The minimum Gasteiger partial charge on any atom is -0.457 e. The number of carbonyl (C=O) groups excluding carboxylic acids is 1. The van der Waals surface area contributed by atoms with E-state index < -0.39 is 43.4 Å². The molecule has 0 aliphatic carbocycles. The van der Waals surface area contributed by atoms with Crippen LogP contribution in [0.1, 0.15) is 117 Å². The summed E-state index contributed by atoms with van der Waals surface area (Å²) in [6.07, 6.45) is 33.6. The number of aliphatic hydroxyl groups excluding tert-OH is 4. The fourth-order valence-corrected chi connectivity index (χ4v) is 5.16. The van der Waals surface area contributed by atoms with Gasteiger partial charge in [0.2, 0.25) is 0 Å². The molecule has 1 saturated heterocycles. The fraction of sp³-hybridized carbons (Fsp3) is 0.683. The zero-order valence-electron chi connectivity index (χ0n) is 30.9. The molecule has 6 unspecified atom stereocenters. The zero-order valence-corrected chi connectivity index (χ0v) is 30.9. The summed E-state index contributed by atoms with van der Waals surface area (Å²) in [6, 6.07) is 0. The Morgan fingerprint density at radius 2 is 1.16 bits per heavy atom. The smallest absolute Gasteiger partial charge is 0.306 e. The lowest BCUT2D eigenvalue weighted by atomic mass is 9.99. The molecule has 0 aromatic rings. The maximum Gasteiger partial charge on any atom is 0.306 e. The number of aliphatic hydroxyl groups is 4. The number of hydrogen-bond donors (Lipinski definition) is 4. The van der Waals surface area contributed by atoms with Crippen LogP contribution < -0.4 is 0 Å². The second-order valence-electron chi connectivity index (χ2n) is 12.6. The Bertz CT molecular complexity index is 985. The maximum atomic E-state index is 12.7. The maximum absolute atomic E-state index is 12.7. The zero-order chi connectivity index (χ0) is 36.5. The Morgan fingerprint density at radius 3 is 1.72 bits per heavy atom. The van der Waals surface area contributed by atoms with Gasteiger partial charge in [-0.1, -0.05) is 106 Å². The number of carbonyl (C=O) groups is 1. The van der Waals surface area contributed by atoms with E-state index >= 15 is 0 Å². The molecular formula is C41H68O9. The van der Waals surface area contributed by atoms with Crippen LogP contribution in [0.4, 0.5) is 0 Å². The predicted molar refractivity (Wildman–Crippen MR) is 200 cm³/mol. The number of unbranched alkanes of at least 4 members (excludes halogenated alkanes) is 7. The molecule has 1 aliphatic rings. The van der Waals surface area contributed by atoms with E-state index in [1.54, 1.807) is 0 Å². The van der Waals surface area contributed by atoms with E-state index in [-0.39, 0.29) is 25.6 Å². The van der Waals surface area contributed by atoms with E-state index in [2.05, 4.69) is 86.8 Å². The molecule has 0 spiro atoms. The molecule has 9 heteroatoms. The molecule has 1 heterocycles.